The van der Waals surface area contributed by atoms with Crippen LogP contribution < -0.4 is 0 Å². The molecule has 1 aliphatic rings. The molecule has 1 aliphatic carbocycles. The summed E-state index contributed by atoms with van der Waals surface area (Å²) >= 11 is 0. The normalized spacial score (nSPS) is 13.3. The molecule has 9 aromatic carbocycles. The fourth-order valence-electron chi connectivity index (χ4n) is 9.23. The molecule has 1 heteroatoms. The SMILES string of the molecule is CC1(C)c2ccccc2-c2cc3c4ccccc4n(-c4cc(-c5ccccc5)cc(-c5ccc6c7ccccc7c7ccccc7c6c5)c4)c3cc21. The highest BCUT2D eigenvalue weighted by molar-refractivity contribution is 6.25. The zero-order valence-electron chi connectivity index (χ0n) is 29.2. The van der Waals surface area contributed by atoms with Gasteiger partial charge in [0, 0.05) is 21.9 Å². The maximum Gasteiger partial charge on any atom is 0.0544 e. The van der Waals surface area contributed by atoms with Gasteiger partial charge in [-0.2, -0.15) is 0 Å². The Balaban J connectivity index is 1.20. The zero-order chi connectivity index (χ0) is 34.6. The number of benzene rings is 9. The molecule has 1 nitrogen and oxygen atoms in total. The predicted octanol–water partition coefficient (Wildman–Crippen LogP) is 13.9. The number of rotatable bonds is 3. The standard InChI is InChI=1S/C51H35N/c1-51(2)47-22-12-10-20-42(47)45-30-46-43-21-11-13-23-49(43)52(50(46)31-48(45)51)36-27-34(32-14-4-3-5-15-32)26-35(28-36)33-24-25-41-39-18-7-6-16-37(39)38-17-8-9-19-40(38)44(41)29-33/h3-31H,1-2H3. The summed E-state index contributed by atoms with van der Waals surface area (Å²) in [6.45, 7) is 4.74. The number of fused-ring (bicyclic) bond motifs is 12. The zero-order valence-corrected chi connectivity index (χ0v) is 29.2. The van der Waals surface area contributed by atoms with Crippen LogP contribution in [-0.4, -0.2) is 4.57 Å². The minimum atomic E-state index is -0.0868. The van der Waals surface area contributed by atoms with E-state index >= 15 is 0 Å². The average Bonchev–Trinajstić information content (AvgIpc) is 3.65. The maximum absolute atomic E-state index is 2.50. The summed E-state index contributed by atoms with van der Waals surface area (Å²) in [6.07, 6.45) is 0. The molecule has 0 bridgehead atoms. The lowest BCUT2D eigenvalue weighted by atomic mass is 9.82. The van der Waals surface area contributed by atoms with Crippen LogP contribution >= 0.6 is 0 Å². The number of para-hydroxylation sites is 1. The molecule has 1 heterocycles. The fraction of sp³-hybridized carbons (Fsp3) is 0.0588. The molecule has 0 unspecified atom stereocenters. The van der Waals surface area contributed by atoms with Crippen LogP contribution in [0.1, 0.15) is 25.0 Å². The van der Waals surface area contributed by atoms with Crippen molar-refractivity contribution in [3.8, 4) is 39.1 Å². The first-order valence-corrected chi connectivity index (χ1v) is 18.3. The monoisotopic (exact) mass is 661 g/mol. The van der Waals surface area contributed by atoms with Crippen molar-refractivity contribution >= 4 is 54.1 Å². The highest BCUT2D eigenvalue weighted by atomic mass is 15.0. The Morgan fingerprint density at radius 3 is 1.63 bits per heavy atom. The molecule has 0 saturated heterocycles. The molecular formula is C51H35N. The minimum absolute atomic E-state index is 0.0868. The first-order valence-electron chi connectivity index (χ1n) is 18.3. The van der Waals surface area contributed by atoms with Crippen molar-refractivity contribution in [3.63, 3.8) is 0 Å². The van der Waals surface area contributed by atoms with Crippen LogP contribution in [0.5, 0.6) is 0 Å². The average molecular weight is 662 g/mol. The quantitative estimate of drug-likeness (QED) is 0.166. The summed E-state index contributed by atoms with van der Waals surface area (Å²) in [5.41, 5.74) is 13.9. The van der Waals surface area contributed by atoms with Crippen molar-refractivity contribution in [2.24, 2.45) is 0 Å². The molecule has 244 valence electrons. The van der Waals surface area contributed by atoms with Gasteiger partial charge in [0.25, 0.3) is 0 Å². The van der Waals surface area contributed by atoms with Gasteiger partial charge in [0.2, 0.25) is 0 Å². The smallest absolute Gasteiger partial charge is 0.0544 e. The summed E-state index contributed by atoms with van der Waals surface area (Å²) < 4.78 is 2.50. The van der Waals surface area contributed by atoms with Crippen LogP contribution in [0, 0.1) is 0 Å². The van der Waals surface area contributed by atoms with Gasteiger partial charge in [0.05, 0.1) is 11.0 Å². The van der Waals surface area contributed by atoms with E-state index in [4.69, 9.17) is 0 Å². The molecular weight excluding hydrogens is 627 g/mol. The summed E-state index contributed by atoms with van der Waals surface area (Å²) in [5, 5.41) is 10.3. The Kier molecular flexibility index (Phi) is 6.08. The topological polar surface area (TPSA) is 4.93 Å². The third kappa shape index (κ3) is 4.11. The molecule has 0 aliphatic heterocycles. The fourth-order valence-corrected chi connectivity index (χ4v) is 9.23. The minimum Gasteiger partial charge on any atom is -0.309 e. The second kappa shape index (κ2) is 10.8. The van der Waals surface area contributed by atoms with E-state index in [1.54, 1.807) is 0 Å². The first-order chi connectivity index (χ1) is 25.5. The van der Waals surface area contributed by atoms with E-state index < -0.39 is 0 Å². The lowest BCUT2D eigenvalue weighted by Crippen LogP contribution is -2.15. The Bertz CT molecular complexity index is 3050. The van der Waals surface area contributed by atoms with Crippen LogP contribution in [0.15, 0.2) is 176 Å². The third-order valence-electron chi connectivity index (χ3n) is 11.7. The molecule has 0 amide bonds. The van der Waals surface area contributed by atoms with Gasteiger partial charge >= 0.3 is 0 Å². The second-order valence-corrected chi connectivity index (χ2v) is 14.9. The molecule has 0 fully saturated rings. The summed E-state index contributed by atoms with van der Waals surface area (Å²) in [4.78, 5) is 0. The van der Waals surface area contributed by atoms with Crippen molar-refractivity contribution in [2.45, 2.75) is 19.3 Å². The van der Waals surface area contributed by atoms with Crippen molar-refractivity contribution in [2.75, 3.05) is 0 Å². The molecule has 0 saturated carbocycles. The van der Waals surface area contributed by atoms with Gasteiger partial charge in [0.15, 0.2) is 0 Å². The van der Waals surface area contributed by atoms with Crippen molar-refractivity contribution < 1.29 is 0 Å². The van der Waals surface area contributed by atoms with E-state index in [1.165, 1.54) is 104 Å². The lowest BCUT2D eigenvalue weighted by Gasteiger charge is -2.22. The van der Waals surface area contributed by atoms with Gasteiger partial charge in [-0.15, -0.1) is 0 Å². The molecule has 0 radical (unpaired) electrons. The summed E-state index contributed by atoms with van der Waals surface area (Å²) in [6, 6.07) is 65.5. The number of hydrogen-bond acceptors (Lipinski definition) is 0. The number of nitrogens with zero attached hydrogens (tertiary/aromatic N) is 1. The van der Waals surface area contributed by atoms with E-state index in [1.807, 2.05) is 0 Å². The van der Waals surface area contributed by atoms with Gasteiger partial charge in [-0.05, 0) is 119 Å². The van der Waals surface area contributed by atoms with Crippen molar-refractivity contribution in [1.82, 2.24) is 4.57 Å². The van der Waals surface area contributed by atoms with E-state index in [0.717, 1.165) is 0 Å². The van der Waals surface area contributed by atoms with Gasteiger partial charge in [-0.1, -0.05) is 147 Å². The molecule has 10 aromatic rings. The molecule has 11 rings (SSSR count). The van der Waals surface area contributed by atoms with Gasteiger partial charge in [-0.3, -0.25) is 0 Å². The third-order valence-corrected chi connectivity index (χ3v) is 11.7. The predicted molar refractivity (Wildman–Crippen MR) is 222 cm³/mol. The van der Waals surface area contributed by atoms with E-state index in [9.17, 15) is 0 Å². The highest BCUT2D eigenvalue weighted by Gasteiger charge is 2.36. The lowest BCUT2D eigenvalue weighted by molar-refractivity contribution is 0.661. The molecule has 0 spiro atoms. The van der Waals surface area contributed by atoms with E-state index in [0.29, 0.717) is 0 Å². The van der Waals surface area contributed by atoms with Crippen LogP contribution in [0.2, 0.25) is 0 Å². The van der Waals surface area contributed by atoms with Crippen LogP contribution in [0.4, 0.5) is 0 Å². The Labute approximate surface area is 303 Å². The Hall–Kier alpha value is -6.44. The van der Waals surface area contributed by atoms with Crippen LogP contribution in [0.25, 0.3) is 93.2 Å². The van der Waals surface area contributed by atoms with Gasteiger partial charge in [0.1, 0.15) is 0 Å². The molecule has 0 N–H and O–H groups in total. The largest absolute Gasteiger partial charge is 0.309 e. The van der Waals surface area contributed by atoms with E-state index in [2.05, 4.69) is 194 Å². The Morgan fingerprint density at radius 1 is 0.327 bits per heavy atom. The summed E-state index contributed by atoms with van der Waals surface area (Å²) in [7, 11) is 0. The second-order valence-electron chi connectivity index (χ2n) is 14.9. The highest BCUT2D eigenvalue weighted by Crippen LogP contribution is 2.51. The summed E-state index contributed by atoms with van der Waals surface area (Å²) in [5.74, 6) is 0. The number of hydrogen-bond donors (Lipinski definition) is 0. The van der Waals surface area contributed by atoms with E-state index in [-0.39, 0.29) is 5.41 Å². The van der Waals surface area contributed by atoms with Crippen molar-refractivity contribution in [3.05, 3.63) is 187 Å². The maximum atomic E-state index is 2.50. The van der Waals surface area contributed by atoms with Crippen molar-refractivity contribution in [1.29, 1.82) is 0 Å². The van der Waals surface area contributed by atoms with Gasteiger partial charge in [-0.25, -0.2) is 0 Å². The molecule has 1 aromatic heterocycles. The Morgan fingerprint density at radius 2 is 0.904 bits per heavy atom. The molecule has 0 atom stereocenters. The first kappa shape index (κ1) is 29.3. The number of aromatic nitrogens is 1. The van der Waals surface area contributed by atoms with Crippen LogP contribution in [-0.2, 0) is 5.41 Å². The molecule has 52 heavy (non-hydrogen) atoms. The van der Waals surface area contributed by atoms with Crippen LogP contribution in [0.3, 0.4) is 0 Å². The van der Waals surface area contributed by atoms with Gasteiger partial charge < -0.3 is 4.57 Å².